The Balaban J connectivity index is 1.83. The number of nitrogens with two attached hydrogens (primary N) is 2. The third-order valence-electron chi connectivity index (χ3n) is 7.58. The minimum atomic E-state index is -2.43. The highest BCUT2D eigenvalue weighted by molar-refractivity contribution is 6.86. The number of hydrogen-bond donors (Lipinski definition) is 2. The molecule has 0 unspecified atom stereocenters. The maximum Gasteiger partial charge on any atom is 0.192 e. The smallest absolute Gasteiger partial charge is 0.192 e. The Morgan fingerprint density at radius 1 is 0.410 bits per heavy atom. The number of hydrogen-bond acceptors (Lipinski definition) is 3. The van der Waals surface area contributed by atoms with Gasteiger partial charge < -0.3 is 15.6 Å². The minimum Gasteiger partial charge on any atom is -0.454 e. The van der Waals surface area contributed by atoms with Crippen molar-refractivity contribution in [3.05, 3.63) is 144 Å². The molecular weight excluding hydrogens is 509 g/mol. The second kappa shape index (κ2) is 15.1. The van der Waals surface area contributed by atoms with E-state index in [1.165, 1.54) is 22.3 Å². The first-order chi connectivity index (χ1) is 19.1. The molecule has 0 atom stereocenters. The van der Waals surface area contributed by atoms with E-state index in [0.717, 1.165) is 49.1 Å². The summed E-state index contributed by atoms with van der Waals surface area (Å²) < 4.78 is 8.01. The molecule has 0 aromatic heterocycles. The second-order valence-electron chi connectivity index (χ2n) is 10.9. The summed E-state index contributed by atoms with van der Waals surface area (Å²) in [6.45, 7) is 1.39. The van der Waals surface area contributed by atoms with E-state index >= 15 is 0 Å². The zero-order valence-electron chi connectivity index (χ0n) is 23.2. The van der Waals surface area contributed by atoms with Gasteiger partial charge in [0, 0.05) is 0 Å². The van der Waals surface area contributed by atoms with Crippen LogP contribution in [0.15, 0.2) is 121 Å². The molecule has 0 heterocycles. The van der Waals surface area contributed by atoms with Crippen molar-refractivity contribution < 1.29 is 4.12 Å². The highest BCUT2D eigenvalue weighted by Gasteiger charge is 2.45. The van der Waals surface area contributed by atoms with Crippen LogP contribution >= 0.6 is 0 Å². The van der Waals surface area contributed by atoms with Crippen LogP contribution in [0.25, 0.3) is 0 Å². The summed E-state index contributed by atoms with van der Waals surface area (Å²) in [6.07, 6.45) is 1.99. The predicted octanol–water partition coefficient (Wildman–Crippen LogP) is 6.72. The first-order valence-electron chi connectivity index (χ1n) is 14.4. The zero-order chi connectivity index (χ0) is 27.2. The Kier molecular flexibility index (Phi) is 11.3. The lowest BCUT2D eigenvalue weighted by molar-refractivity contribution is 0.490. The summed E-state index contributed by atoms with van der Waals surface area (Å²) in [5, 5.41) is 0. The maximum absolute atomic E-state index is 8.01. The summed E-state index contributed by atoms with van der Waals surface area (Å²) in [7, 11) is -4.70. The van der Waals surface area contributed by atoms with Gasteiger partial charge in [0.25, 0.3) is 0 Å². The fourth-order valence-electron chi connectivity index (χ4n) is 5.91. The van der Waals surface area contributed by atoms with Crippen molar-refractivity contribution in [1.29, 1.82) is 0 Å². The molecule has 0 saturated carbocycles. The highest BCUT2D eigenvalue weighted by Crippen LogP contribution is 2.34. The molecule has 3 nitrogen and oxygen atoms in total. The molecule has 0 fully saturated rings. The largest absolute Gasteiger partial charge is 0.454 e. The van der Waals surface area contributed by atoms with Crippen LogP contribution in [0.2, 0.25) is 12.1 Å². The summed E-state index contributed by atoms with van der Waals surface area (Å²) in [6, 6.07) is 50.1. The van der Waals surface area contributed by atoms with Crippen LogP contribution in [-0.4, -0.2) is 29.7 Å². The highest BCUT2D eigenvalue weighted by atomic mass is 28.4. The third kappa shape index (κ3) is 9.12. The Bertz CT molecular complexity index is 1100. The van der Waals surface area contributed by atoms with E-state index in [1.807, 2.05) is 0 Å². The van der Waals surface area contributed by atoms with Crippen molar-refractivity contribution in [3.63, 3.8) is 0 Å². The molecule has 0 bridgehead atoms. The van der Waals surface area contributed by atoms with Crippen LogP contribution in [0, 0.1) is 0 Å². The van der Waals surface area contributed by atoms with Crippen molar-refractivity contribution in [2.75, 3.05) is 13.1 Å². The van der Waals surface area contributed by atoms with Gasteiger partial charge in [0.2, 0.25) is 0 Å². The molecular formula is C34H44N2OSi2. The number of benzene rings is 4. The molecule has 39 heavy (non-hydrogen) atoms. The van der Waals surface area contributed by atoms with Crippen molar-refractivity contribution in [2.45, 2.75) is 49.1 Å². The lowest BCUT2D eigenvalue weighted by Crippen LogP contribution is -2.58. The SMILES string of the molecule is NCCC[Si](CCCN)(Cc1ccccc1)O[Si](Cc1ccccc1)(Cc1ccccc1)Cc1ccccc1. The molecule has 4 rings (SSSR count). The summed E-state index contributed by atoms with van der Waals surface area (Å²) in [4.78, 5) is 0. The Morgan fingerprint density at radius 2 is 0.692 bits per heavy atom. The average Bonchev–Trinajstić information content (AvgIpc) is 2.97. The van der Waals surface area contributed by atoms with Crippen molar-refractivity contribution in [1.82, 2.24) is 0 Å². The van der Waals surface area contributed by atoms with E-state index in [1.54, 1.807) is 0 Å². The topological polar surface area (TPSA) is 61.3 Å². The fraction of sp³-hybridized carbons (Fsp3) is 0.294. The normalized spacial score (nSPS) is 11.9. The molecule has 0 aliphatic rings. The molecule has 4 aromatic rings. The lowest BCUT2D eigenvalue weighted by atomic mass is 10.2. The minimum absolute atomic E-state index is 0.695. The van der Waals surface area contributed by atoms with Gasteiger partial charge in [-0.05, 0) is 84.4 Å². The third-order valence-corrected chi connectivity index (χ3v) is 17.8. The summed E-state index contributed by atoms with van der Waals surface area (Å²) in [5.74, 6) is 0. The van der Waals surface area contributed by atoms with E-state index in [2.05, 4.69) is 121 Å². The second-order valence-corrected chi connectivity index (χ2v) is 18.9. The average molecular weight is 553 g/mol. The molecule has 0 amide bonds. The predicted molar refractivity (Wildman–Crippen MR) is 170 cm³/mol. The standard InChI is InChI=1S/C34H44N2OSi2/c35-23-13-25-38(26-14-24-36,27-31-15-5-1-6-16-31)37-39(28-32-17-7-2-8-18-32,29-33-19-9-3-10-20-33)30-34-21-11-4-12-22-34/h1-12,15-22H,13-14,23-30,35-36H2. The van der Waals surface area contributed by atoms with Crippen LogP contribution in [-0.2, 0) is 28.3 Å². The zero-order valence-corrected chi connectivity index (χ0v) is 25.2. The van der Waals surface area contributed by atoms with Gasteiger partial charge in [-0.15, -0.1) is 0 Å². The van der Waals surface area contributed by atoms with Crippen molar-refractivity contribution in [3.8, 4) is 0 Å². The van der Waals surface area contributed by atoms with E-state index < -0.39 is 16.6 Å². The Labute approximate surface area is 237 Å². The summed E-state index contributed by atoms with van der Waals surface area (Å²) >= 11 is 0. The molecule has 0 radical (unpaired) electrons. The number of rotatable bonds is 16. The van der Waals surface area contributed by atoms with Gasteiger partial charge >= 0.3 is 0 Å². The molecule has 5 heteroatoms. The van der Waals surface area contributed by atoms with Crippen molar-refractivity contribution >= 4 is 16.6 Å². The molecule has 0 saturated heterocycles. The molecule has 4 N–H and O–H groups in total. The van der Waals surface area contributed by atoms with Gasteiger partial charge in [0.15, 0.2) is 16.6 Å². The molecule has 0 aliphatic carbocycles. The molecule has 0 spiro atoms. The van der Waals surface area contributed by atoms with Gasteiger partial charge in [0.05, 0.1) is 0 Å². The fourth-order valence-corrected chi connectivity index (χ4v) is 18.2. The van der Waals surface area contributed by atoms with Crippen LogP contribution in [0.4, 0.5) is 0 Å². The van der Waals surface area contributed by atoms with Gasteiger partial charge in [-0.3, -0.25) is 0 Å². The van der Waals surface area contributed by atoms with E-state index in [0.29, 0.717) is 13.1 Å². The quantitative estimate of drug-likeness (QED) is 0.152. The maximum atomic E-state index is 8.01. The first-order valence-corrected chi connectivity index (χ1v) is 19.5. The lowest BCUT2D eigenvalue weighted by Gasteiger charge is -2.43. The molecule has 204 valence electrons. The van der Waals surface area contributed by atoms with Gasteiger partial charge in [0.1, 0.15) is 0 Å². The Morgan fingerprint density at radius 3 is 0.974 bits per heavy atom. The summed E-state index contributed by atoms with van der Waals surface area (Å²) in [5.41, 5.74) is 17.8. The molecule has 4 aromatic carbocycles. The Hall–Kier alpha value is -2.81. The van der Waals surface area contributed by atoms with Gasteiger partial charge in [-0.25, -0.2) is 0 Å². The van der Waals surface area contributed by atoms with E-state index in [9.17, 15) is 0 Å². The van der Waals surface area contributed by atoms with Crippen molar-refractivity contribution in [2.24, 2.45) is 11.5 Å². The van der Waals surface area contributed by atoms with Crippen LogP contribution < -0.4 is 11.5 Å². The van der Waals surface area contributed by atoms with Gasteiger partial charge in [-0.2, -0.15) is 0 Å². The van der Waals surface area contributed by atoms with Crippen LogP contribution in [0.5, 0.6) is 0 Å². The molecule has 0 aliphatic heterocycles. The van der Waals surface area contributed by atoms with Crippen LogP contribution in [0.3, 0.4) is 0 Å². The van der Waals surface area contributed by atoms with E-state index in [4.69, 9.17) is 15.6 Å². The van der Waals surface area contributed by atoms with Crippen LogP contribution in [0.1, 0.15) is 35.1 Å². The monoisotopic (exact) mass is 552 g/mol. The van der Waals surface area contributed by atoms with E-state index in [-0.39, 0.29) is 0 Å². The first kappa shape index (κ1) is 29.2. The van der Waals surface area contributed by atoms with Gasteiger partial charge in [-0.1, -0.05) is 121 Å².